The van der Waals surface area contributed by atoms with E-state index in [-0.39, 0.29) is 24.8 Å². The molecule has 6 heteroatoms. The van der Waals surface area contributed by atoms with Crippen LogP contribution in [0.2, 0.25) is 5.02 Å². The van der Waals surface area contributed by atoms with Gasteiger partial charge in [0.25, 0.3) is 0 Å². The molecule has 0 fully saturated rings. The van der Waals surface area contributed by atoms with Crippen molar-refractivity contribution in [2.24, 2.45) is 0 Å². The van der Waals surface area contributed by atoms with Crippen molar-refractivity contribution in [3.05, 3.63) is 53.6 Å². The third-order valence-corrected chi connectivity index (χ3v) is 3.78. The summed E-state index contributed by atoms with van der Waals surface area (Å²) in [6, 6.07) is 14.2. The minimum absolute atomic E-state index is 0.147. The number of carbonyl (C=O) groups is 2. The Morgan fingerprint density at radius 2 is 1.80 bits per heavy atom. The number of para-hydroxylation sites is 2. The Bertz CT molecular complexity index is 732. The first kappa shape index (κ1) is 18.8. The molecule has 0 aromatic heterocycles. The molecule has 0 aliphatic heterocycles. The molecule has 0 saturated heterocycles. The zero-order chi connectivity index (χ0) is 18.2. The van der Waals surface area contributed by atoms with Gasteiger partial charge in [0, 0.05) is 30.6 Å². The fourth-order valence-corrected chi connectivity index (χ4v) is 2.50. The predicted octanol–water partition coefficient (Wildman–Crippen LogP) is 4.12. The maximum absolute atomic E-state index is 12.2. The van der Waals surface area contributed by atoms with Gasteiger partial charge in [-0.2, -0.15) is 0 Å². The van der Waals surface area contributed by atoms with E-state index in [4.69, 9.17) is 16.3 Å². The second-order valence-electron chi connectivity index (χ2n) is 5.38. The number of halogens is 1. The summed E-state index contributed by atoms with van der Waals surface area (Å²) >= 11 is 5.83. The highest BCUT2D eigenvalue weighted by Crippen LogP contribution is 2.28. The molecule has 2 rings (SSSR count). The van der Waals surface area contributed by atoms with E-state index in [9.17, 15) is 9.59 Å². The highest BCUT2D eigenvalue weighted by Gasteiger charge is 2.17. The maximum atomic E-state index is 12.2. The van der Waals surface area contributed by atoms with Crippen molar-refractivity contribution in [3.63, 3.8) is 0 Å². The third kappa shape index (κ3) is 5.50. The van der Waals surface area contributed by atoms with E-state index < -0.39 is 0 Å². The molecule has 0 heterocycles. The van der Waals surface area contributed by atoms with Crippen LogP contribution in [0, 0.1) is 0 Å². The lowest BCUT2D eigenvalue weighted by Gasteiger charge is -2.23. The summed E-state index contributed by atoms with van der Waals surface area (Å²) in [6.07, 6.45) is 0.169. The number of rotatable bonds is 7. The minimum atomic E-state index is -0.178. The van der Waals surface area contributed by atoms with Crippen molar-refractivity contribution in [2.45, 2.75) is 20.3 Å². The van der Waals surface area contributed by atoms with Crippen molar-refractivity contribution < 1.29 is 14.3 Å². The number of anilines is 2. The van der Waals surface area contributed by atoms with E-state index in [1.54, 1.807) is 29.2 Å². The summed E-state index contributed by atoms with van der Waals surface area (Å²) in [5.41, 5.74) is 1.33. The SMILES string of the molecule is CCOc1ccccc1N(CCC(=O)Nc1ccc(Cl)cc1)C(C)=O. The summed E-state index contributed by atoms with van der Waals surface area (Å²) in [5.74, 6) is 0.298. The Morgan fingerprint density at radius 3 is 2.44 bits per heavy atom. The second-order valence-corrected chi connectivity index (χ2v) is 5.81. The highest BCUT2D eigenvalue weighted by atomic mass is 35.5. The van der Waals surface area contributed by atoms with E-state index in [0.29, 0.717) is 28.8 Å². The Hall–Kier alpha value is -2.53. The highest BCUT2D eigenvalue weighted by molar-refractivity contribution is 6.30. The molecule has 0 unspecified atom stereocenters. The molecule has 0 radical (unpaired) electrons. The number of hydrogen-bond acceptors (Lipinski definition) is 3. The quantitative estimate of drug-likeness (QED) is 0.808. The first-order valence-electron chi connectivity index (χ1n) is 8.06. The van der Waals surface area contributed by atoms with Gasteiger partial charge in [0.2, 0.25) is 11.8 Å². The second kappa shape index (κ2) is 9.08. The van der Waals surface area contributed by atoms with Gasteiger partial charge in [0.1, 0.15) is 5.75 Å². The van der Waals surface area contributed by atoms with Gasteiger partial charge < -0.3 is 15.0 Å². The summed E-state index contributed by atoms with van der Waals surface area (Å²) in [4.78, 5) is 25.7. The summed E-state index contributed by atoms with van der Waals surface area (Å²) in [7, 11) is 0. The van der Waals surface area contributed by atoms with Crippen LogP contribution in [0.3, 0.4) is 0 Å². The maximum Gasteiger partial charge on any atom is 0.226 e. The molecule has 0 spiro atoms. The summed E-state index contributed by atoms with van der Waals surface area (Å²) in [5, 5.41) is 3.39. The Balaban J connectivity index is 2.03. The predicted molar refractivity (Wildman–Crippen MR) is 100 cm³/mol. The molecule has 132 valence electrons. The first-order valence-corrected chi connectivity index (χ1v) is 8.44. The molecular formula is C19H21ClN2O3. The molecule has 0 atom stereocenters. The van der Waals surface area contributed by atoms with Crippen molar-refractivity contribution in [2.75, 3.05) is 23.4 Å². The summed E-state index contributed by atoms with van der Waals surface area (Å²) < 4.78 is 5.57. The van der Waals surface area contributed by atoms with Crippen LogP contribution in [-0.2, 0) is 9.59 Å². The van der Waals surface area contributed by atoms with Gasteiger partial charge in [0.15, 0.2) is 0 Å². The first-order chi connectivity index (χ1) is 12.0. The fraction of sp³-hybridized carbons (Fsp3) is 0.263. The average molecular weight is 361 g/mol. The number of ether oxygens (including phenoxy) is 1. The number of nitrogens with zero attached hydrogens (tertiary/aromatic N) is 1. The molecule has 2 aromatic carbocycles. The van der Waals surface area contributed by atoms with Crippen molar-refractivity contribution in [3.8, 4) is 5.75 Å². The van der Waals surface area contributed by atoms with Gasteiger partial charge in [-0.1, -0.05) is 23.7 Å². The Morgan fingerprint density at radius 1 is 1.12 bits per heavy atom. The van der Waals surface area contributed by atoms with E-state index in [1.165, 1.54) is 6.92 Å². The van der Waals surface area contributed by atoms with E-state index >= 15 is 0 Å². The van der Waals surface area contributed by atoms with Gasteiger partial charge in [-0.15, -0.1) is 0 Å². The van der Waals surface area contributed by atoms with Gasteiger partial charge in [-0.25, -0.2) is 0 Å². The lowest BCUT2D eigenvalue weighted by Crippen LogP contribution is -2.32. The van der Waals surface area contributed by atoms with Crippen LogP contribution < -0.4 is 15.0 Å². The minimum Gasteiger partial charge on any atom is -0.492 e. The van der Waals surface area contributed by atoms with Gasteiger partial charge >= 0.3 is 0 Å². The molecule has 1 N–H and O–H groups in total. The number of benzene rings is 2. The Kier molecular flexibility index (Phi) is 6.83. The Labute approximate surface area is 152 Å². The molecule has 0 aliphatic rings. The smallest absolute Gasteiger partial charge is 0.226 e. The van der Waals surface area contributed by atoms with Crippen LogP contribution in [0.1, 0.15) is 20.3 Å². The third-order valence-electron chi connectivity index (χ3n) is 3.53. The van der Waals surface area contributed by atoms with Crippen LogP contribution in [-0.4, -0.2) is 25.0 Å². The largest absolute Gasteiger partial charge is 0.492 e. The zero-order valence-electron chi connectivity index (χ0n) is 14.3. The van der Waals surface area contributed by atoms with Crippen molar-refractivity contribution in [1.82, 2.24) is 0 Å². The van der Waals surface area contributed by atoms with Crippen LogP contribution in [0.5, 0.6) is 5.75 Å². The van der Waals surface area contributed by atoms with Gasteiger partial charge in [0.05, 0.1) is 12.3 Å². The molecule has 25 heavy (non-hydrogen) atoms. The van der Waals surface area contributed by atoms with Crippen LogP contribution in [0.25, 0.3) is 0 Å². The molecule has 0 bridgehead atoms. The number of nitrogens with one attached hydrogen (secondary N) is 1. The lowest BCUT2D eigenvalue weighted by atomic mass is 10.2. The monoisotopic (exact) mass is 360 g/mol. The zero-order valence-corrected chi connectivity index (χ0v) is 15.0. The normalized spacial score (nSPS) is 10.2. The van der Waals surface area contributed by atoms with Gasteiger partial charge in [-0.05, 0) is 43.3 Å². The van der Waals surface area contributed by atoms with Crippen molar-refractivity contribution >= 4 is 34.8 Å². The summed E-state index contributed by atoms with van der Waals surface area (Å²) in [6.45, 7) is 4.12. The van der Waals surface area contributed by atoms with Crippen molar-refractivity contribution in [1.29, 1.82) is 0 Å². The van der Waals surface area contributed by atoms with E-state index in [1.807, 2.05) is 31.2 Å². The number of carbonyl (C=O) groups excluding carboxylic acids is 2. The molecule has 0 saturated carbocycles. The van der Waals surface area contributed by atoms with E-state index in [0.717, 1.165) is 0 Å². The topological polar surface area (TPSA) is 58.6 Å². The van der Waals surface area contributed by atoms with Crippen LogP contribution in [0.15, 0.2) is 48.5 Å². The lowest BCUT2D eigenvalue weighted by molar-refractivity contribution is -0.117. The number of amides is 2. The standard InChI is InChI=1S/C19H21ClN2O3/c1-3-25-18-7-5-4-6-17(18)22(14(2)23)13-12-19(24)21-16-10-8-15(20)9-11-16/h4-11H,3,12-13H2,1-2H3,(H,21,24). The van der Waals surface area contributed by atoms with Gasteiger partial charge in [-0.3, -0.25) is 9.59 Å². The molecule has 0 aliphatic carbocycles. The van der Waals surface area contributed by atoms with Crippen LogP contribution in [0.4, 0.5) is 11.4 Å². The van der Waals surface area contributed by atoms with E-state index in [2.05, 4.69) is 5.32 Å². The average Bonchev–Trinajstić information content (AvgIpc) is 2.58. The van der Waals surface area contributed by atoms with Crippen LogP contribution >= 0.6 is 11.6 Å². The molecule has 2 aromatic rings. The number of hydrogen-bond donors (Lipinski definition) is 1. The molecule has 5 nitrogen and oxygen atoms in total. The molecule has 2 amide bonds. The molecular weight excluding hydrogens is 340 g/mol. The fourth-order valence-electron chi connectivity index (χ4n) is 2.38.